The minimum atomic E-state index is -0.716. The molecular weight excluding hydrogens is 344 g/mol. The number of nitrogens with zero attached hydrogens (tertiary/aromatic N) is 2. The Morgan fingerprint density at radius 2 is 2.08 bits per heavy atom. The zero-order valence-corrected chi connectivity index (χ0v) is 14.7. The van der Waals surface area contributed by atoms with Crippen molar-refractivity contribution in [2.75, 3.05) is 12.8 Å². The van der Waals surface area contributed by atoms with Crippen LogP contribution in [0.3, 0.4) is 0 Å². The van der Waals surface area contributed by atoms with Gasteiger partial charge in [-0.05, 0) is 32.0 Å². The summed E-state index contributed by atoms with van der Waals surface area (Å²) in [5.41, 5.74) is 6.64. The van der Waals surface area contributed by atoms with Gasteiger partial charge < -0.3 is 20.4 Å². The molecule has 0 aliphatic carbocycles. The van der Waals surface area contributed by atoms with Crippen LogP contribution in [0.15, 0.2) is 24.4 Å². The van der Waals surface area contributed by atoms with Gasteiger partial charge in [0, 0.05) is 17.8 Å². The second-order valence-electron chi connectivity index (χ2n) is 5.57. The van der Waals surface area contributed by atoms with Crippen molar-refractivity contribution in [1.82, 2.24) is 9.88 Å². The summed E-state index contributed by atoms with van der Waals surface area (Å²) in [5, 5.41) is 12.2. The van der Waals surface area contributed by atoms with E-state index in [2.05, 4.69) is 5.32 Å². The maximum absolute atomic E-state index is 12.2. The minimum Gasteiger partial charge on any atom is -0.464 e. The number of nitrogen functional groups attached to an aromatic ring is 1. The van der Waals surface area contributed by atoms with Crippen molar-refractivity contribution in [1.29, 1.82) is 5.26 Å². The van der Waals surface area contributed by atoms with E-state index in [0.717, 1.165) is 0 Å². The number of methoxy groups -OCH3 is 1. The first-order chi connectivity index (χ1) is 11.8. The van der Waals surface area contributed by atoms with Crippen LogP contribution in [-0.2, 0) is 4.74 Å². The summed E-state index contributed by atoms with van der Waals surface area (Å²) in [6, 6.07) is 6.50. The Hall–Kier alpha value is -2.98. The van der Waals surface area contributed by atoms with Crippen molar-refractivity contribution in [3.8, 4) is 11.8 Å². The van der Waals surface area contributed by atoms with Crippen molar-refractivity contribution < 1.29 is 14.3 Å². The summed E-state index contributed by atoms with van der Waals surface area (Å²) >= 11 is 6.24. The number of carbonyl (C=O) groups is 2. The highest BCUT2D eigenvalue weighted by Gasteiger charge is 2.23. The maximum Gasteiger partial charge on any atom is 0.357 e. The molecule has 0 spiro atoms. The average molecular weight is 361 g/mol. The van der Waals surface area contributed by atoms with E-state index >= 15 is 0 Å². The molecule has 130 valence electrons. The molecule has 0 unspecified atom stereocenters. The number of rotatable bonds is 4. The maximum atomic E-state index is 12.2. The Labute approximate surface area is 149 Å². The number of nitrogens with two attached hydrogens (primary N) is 1. The van der Waals surface area contributed by atoms with Crippen LogP contribution in [0.5, 0.6) is 0 Å². The van der Waals surface area contributed by atoms with Gasteiger partial charge in [-0.3, -0.25) is 4.79 Å². The number of ether oxygens (including phenoxy) is 1. The van der Waals surface area contributed by atoms with Crippen molar-refractivity contribution in [3.63, 3.8) is 0 Å². The van der Waals surface area contributed by atoms with Gasteiger partial charge in [0.2, 0.25) is 0 Å². The van der Waals surface area contributed by atoms with E-state index in [1.165, 1.54) is 30.0 Å². The average Bonchev–Trinajstić information content (AvgIpc) is 2.90. The van der Waals surface area contributed by atoms with Crippen LogP contribution in [0.1, 0.15) is 40.3 Å². The molecule has 2 aromatic rings. The van der Waals surface area contributed by atoms with E-state index in [0.29, 0.717) is 11.3 Å². The molecule has 0 fully saturated rings. The summed E-state index contributed by atoms with van der Waals surface area (Å²) in [7, 11) is 1.21. The van der Waals surface area contributed by atoms with Crippen LogP contribution >= 0.6 is 11.6 Å². The second kappa shape index (κ2) is 7.28. The number of aromatic nitrogens is 1. The summed E-state index contributed by atoms with van der Waals surface area (Å²) in [6.45, 7) is 3.69. The predicted octanol–water partition coefficient (Wildman–Crippen LogP) is 2.51. The van der Waals surface area contributed by atoms with Crippen molar-refractivity contribution >= 4 is 29.2 Å². The van der Waals surface area contributed by atoms with E-state index in [4.69, 9.17) is 22.1 Å². The molecule has 0 aliphatic rings. The zero-order chi connectivity index (χ0) is 18.7. The lowest BCUT2D eigenvalue weighted by Gasteiger charge is -2.13. The van der Waals surface area contributed by atoms with E-state index in [1.807, 2.05) is 19.9 Å². The Kier molecular flexibility index (Phi) is 5.35. The van der Waals surface area contributed by atoms with Crippen LogP contribution in [0.2, 0.25) is 5.02 Å². The molecule has 0 aliphatic heterocycles. The Balaban J connectivity index is 2.64. The molecule has 1 aromatic heterocycles. The number of amides is 1. The van der Waals surface area contributed by atoms with Crippen molar-refractivity contribution in [2.45, 2.75) is 19.9 Å². The van der Waals surface area contributed by atoms with Crippen LogP contribution in [0.25, 0.3) is 5.69 Å². The van der Waals surface area contributed by atoms with E-state index < -0.39 is 5.97 Å². The van der Waals surface area contributed by atoms with Crippen LogP contribution < -0.4 is 11.1 Å². The highest BCUT2D eigenvalue weighted by Crippen LogP contribution is 2.29. The second-order valence-corrected chi connectivity index (χ2v) is 5.98. The van der Waals surface area contributed by atoms with Gasteiger partial charge in [0.1, 0.15) is 6.07 Å². The fraction of sp³-hybridized carbons (Fsp3) is 0.235. The number of nitriles is 1. The molecule has 3 N–H and O–H groups in total. The van der Waals surface area contributed by atoms with E-state index in [1.54, 1.807) is 6.07 Å². The predicted molar refractivity (Wildman–Crippen MR) is 93.8 cm³/mol. The van der Waals surface area contributed by atoms with E-state index in [-0.39, 0.29) is 33.9 Å². The van der Waals surface area contributed by atoms with E-state index in [9.17, 15) is 14.9 Å². The molecule has 0 atom stereocenters. The first-order valence-corrected chi connectivity index (χ1v) is 7.78. The number of nitrogens with one attached hydrogen (secondary N) is 1. The molecule has 25 heavy (non-hydrogen) atoms. The SMILES string of the molecule is COC(=O)c1c(N)c(C#N)cn1-c1cc(C(=O)NC(C)C)ccc1Cl. The smallest absolute Gasteiger partial charge is 0.357 e. The molecular formula is C17H17ClN4O3. The Bertz CT molecular complexity index is 881. The fourth-order valence-corrected chi connectivity index (χ4v) is 2.50. The van der Waals surface area contributed by atoms with Crippen molar-refractivity contribution in [2.24, 2.45) is 0 Å². The van der Waals surface area contributed by atoms with Gasteiger partial charge in [0.25, 0.3) is 5.91 Å². The molecule has 2 rings (SSSR count). The van der Waals surface area contributed by atoms with Gasteiger partial charge in [-0.15, -0.1) is 0 Å². The number of carbonyl (C=O) groups excluding carboxylic acids is 2. The number of halogens is 1. The summed E-state index contributed by atoms with van der Waals surface area (Å²) in [5.74, 6) is -1.000. The topological polar surface area (TPSA) is 110 Å². The van der Waals surface area contributed by atoms with Crippen molar-refractivity contribution in [3.05, 3.63) is 46.2 Å². The third-order valence-corrected chi connectivity index (χ3v) is 3.75. The lowest BCUT2D eigenvalue weighted by Crippen LogP contribution is -2.30. The Morgan fingerprint density at radius 3 is 2.64 bits per heavy atom. The number of benzene rings is 1. The van der Waals surface area contributed by atoms with Crippen LogP contribution in [-0.4, -0.2) is 29.6 Å². The number of anilines is 1. The first-order valence-electron chi connectivity index (χ1n) is 7.40. The molecule has 1 aromatic carbocycles. The largest absolute Gasteiger partial charge is 0.464 e. The van der Waals surface area contributed by atoms with Gasteiger partial charge in [-0.2, -0.15) is 5.26 Å². The molecule has 0 saturated heterocycles. The molecule has 0 saturated carbocycles. The van der Waals surface area contributed by atoms with Crippen LogP contribution in [0.4, 0.5) is 5.69 Å². The number of hydrogen-bond donors (Lipinski definition) is 2. The first kappa shape index (κ1) is 18.4. The quantitative estimate of drug-likeness (QED) is 0.814. The molecule has 0 radical (unpaired) electrons. The van der Waals surface area contributed by atoms with Gasteiger partial charge >= 0.3 is 5.97 Å². The molecule has 1 heterocycles. The number of hydrogen-bond acceptors (Lipinski definition) is 5. The zero-order valence-electron chi connectivity index (χ0n) is 14.0. The third-order valence-electron chi connectivity index (χ3n) is 3.43. The molecule has 8 heteroatoms. The highest BCUT2D eigenvalue weighted by molar-refractivity contribution is 6.32. The summed E-state index contributed by atoms with van der Waals surface area (Å²) in [6.07, 6.45) is 1.38. The highest BCUT2D eigenvalue weighted by atomic mass is 35.5. The summed E-state index contributed by atoms with van der Waals surface area (Å²) < 4.78 is 6.09. The van der Waals surface area contributed by atoms with Gasteiger partial charge in [0.15, 0.2) is 5.69 Å². The Morgan fingerprint density at radius 1 is 1.40 bits per heavy atom. The monoisotopic (exact) mass is 360 g/mol. The van der Waals surface area contributed by atoms with Gasteiger partial charge in [-0.25, -0.2) is 4.79 Å². The third kappa shape index (κ3) is 3.59. The lowest BCUT2D eigenvalue weighted by molar-refractivity contribution is 0.0593. The van der Waals surface area contributed by atoms with Crippen LogP contribution in [0, 0.1) is 11.3 Å². The van der Waals surface area contributed by atoms with Gasteiger partial charge in [0.05, 0.1) is 29.1 Å². The number of esters is 1. The molecule has 1 amide bonds. The normalized spacial score (nSPS) is 10.4. The lowest BCUT2D eigenvalue weighted by atomic mass is 10.1. The molecule has 0 bridgehead atoms. The fourth-order valence-electron chi connectivity index (χ4n) is 2.29. The molecule has 7 nitrogen and oxygen atoms in total. The standard InChI is InChI=1S/C17H17ClN4O3/c1-9(2)21-16(23)10-4-5-12(18)13(6-10)22-8-11(7-19)14(20)15(22)17(24)25-3/h4-6,8-9H,20H2,1-3H3,(H,21,23). The minimum absolute atomic E-state index is 0.0116. The van der Waals surface area contributed by atoms with Gasteiger partial charge in [-0.1, -0.05) is 11.6 Å². The summed E-state index contributed by atoms with van der Waals surface area (Å²) in [4.78, 5) is 24.3.